The van der Waals surface area contributed by atoms with E-state index in [0.717, 1.165) is 25.9 Å². The molecule has 0 aromatic carbocycles. The monoisotopic (exact) mass is 282 g/mol. The molecule has 1 saturated heterocycles. The minimum Gasteiger partial charge on any atom is -0.407 e. The summed E-state index contributed by atoms with van der Waals surface area (Å²) in [5.74, 6) is 0.658. The van der Waals surface area contributed by atoms with E-state index in [1.165, 1.54) is 12.8 Å². The van der Waals surface area contributed by atoms with Crippen LogP contribution in [0, 0.1) is 0 Å². The molecule has 7 nitrogen and oxygen atoms in total. The number of aliphatic hydroxyl groups excluding tert-OH is 1. The first-order valence-corrected chi connectivity index (χ1v) is 7.38. The second kappa shape index (κ2) is 6.51. The molecule has 2 fully saturated rings. The molecule has 1 aliphatic carbocycles. The molecule has 2 heterocycles. The Balaban J connectivity index is 1.45. The molecule has 1 aromatic heterocycles. The smallest absolute Gasteiger partial charge is 0.318 e. The van der Waals surface area contributed by atoms with Crippen LogP contribution in [0.4, 0.5) is 6.01 Å². The molecule has 1 saturated carbocycles. The summed E-state index contributed by atoms with van der Waals surface area (Å²) in [5.41, 5.74) is 0. The molecular formula is C13H22N4O3. The van der Waals surface area contributed by atoms with Crippen molar-refractivity contribution < 1.29 is 14.3 Å². The van der Waals surface area contributed by atoms with Crippen molar-refractivity contribution in [2.75, 3.05) is 31.2 Å². The van der Waals surface area contributed by atoms with E-state index < -0.39 is 0 Å². The van der Waals surface area contributed by atoms with Crippen LogP contribution in [0.5, 0.6) is 0 Å². The van der Waals surface area contributed by atoms with E-state index in [0.29, 0.717) is 31.1 Å². The van der Waals surface area contributed by atoms with E-state index in [1.807, 2.05) is 0 Å². The quantitative estimate of drug-likeness (QED) is 0.744. The number of nitrogens with zero attached hydrogens (tertiary/aromatic N) is 3. The Hall–Kier alpha value is -1.18. The van der Waals surface area contributed by atoms with Crippen molar-refractivity contribution in [3.8, 4) is 0 Å². The average Bonchev–Trinajstić information content (AvgIpc) is 3.20. The Labute approximate surface area is 118 Å². The van der Waals surface area contributed by atoms with E-state index in [1.54, 1.807) is 0 Å². The van der Waals surface area contributed by atoms with Crippen molar-refractivity contribution in [3.63, 3.8) is 0 Å². The molecule has 0 bridgehead atoms. The van der Waals surface area contributed by atoms with Gasteiger partial charge in [0, 0.05) is 19.1 Å². The number of ether oxygens (including phenoxy) is 1. The van der Waals surface area contributed by atoms with E-state index in [9.17, 15) is 0 Å². The molecule has 2 N–H and O–H groups in total. The fourth-order valence-corrected chi connectivity index (χ4v) is 2.40. The van der Waals surface area contributed by atoms with Crippen LogP contribution in [0.1, 0.15) is 31.6 Å². The predicted molar refractivity (Wildman–Crippen MR) is 72.4 cm³/mol. The number of aliphatic hydroxyl groups is 1. The van der Waals surface area contributed by atoms with Gasteiger partial charge in [-0.3, -0.25) is 0 Å². The normalized spacial score (nSPS) is 20.6. The van der Waals surface area contributed by atoms with Gasteiger partial charge in [-0.2, -0.15) is 0 Å². The molecule has 0 atom stereocenters. The van der Waals surface area contributed by atoms with Crippen LogP contribution in [0.2, 0.25) is 0 Å². The lowest BCUT2D eigenvalue weighted by atomic mass is 10.1. The average molecular weight is 282 g/mol. The van der Waals surface area contributed by atoms with Gasteiger partial charge in [0.15, 0.2) is 0 Å². The van der Waals surface area contributed by atoms with Crippen LogP contribution in [-0.2, 0) is 11.3 Å². The summed E-state index contributed by atoms with van der Waals surface area (Å²) < 4.78 is 11.2. The molecule has 2 aliphatic rings. The zero-order valence-corrected chi connectivity index (χ0v) is 11.6. The Morgan fingerprint density at radius 3 is 2.75 bits per heavy atom. The first kappa shape index (κ1) is 13.8. The number of nitrogens with one attached hydrogen (secondary N) is 1. The van der Waals surface area contributed by atoms with Gasteiger partial charge in [-0.05, 0) is 25.7 Å². The summed E-state index contributed by atoms with van der Waals surface area (Å²) in [4.78, 5) is 2.10. The van der Waals surface area contributed by atoms with Crippen LogP contribution in [0.25, 0.3) is 0 Å². The standard InChI is InChI=1S/C13H22N4O3/c18-7-8-19-11-3-5-17(6-4-11)13-16-15-12(20-13)9-14-10-1-2-10/h10-11,14,18H,1-9H2. The highest BCUT2D eigenvalue weighted by Crippen LogP contribution is 2.22. The number of hydrogen-bond acceptors (Lipinski definition) is 7. The lowest BCUT2D eigenvalue weighted by Crippen LogP contribution is -2.37. The molecule has 1 aliphatic heterocycles. The highest BCUT2D eigenvalue weighted by atomic mass is 16.5. The van der Waals surface area contributed by atoms with E-state index in [-0.39, 0.29) is 12.7 Å². The lowest BCUT2D eigenvalue weighted by molar-refractivity contribution is 0.0154. The van der Waals surface area contributed by atoms with E-state index in [4.69, 9.17) is 14.3 Å². The third-order valence-corrected chi connectivity index (χ3v) is 3.73. The minimum absolute atomic E-state index is 0.0846. The third kappa shape index (κ3) is 3.68. The van der Waals surface area contributed by atoms with Gasteiger partial charge in [0.25, 0.3) is 0 Å². The summed E-state index contributed by atoms with van der Waals surface area (Å²) in [6.07, 6.45) is 4.60. The highest BCUT2D eigenvalue weighted by molar-refractivity contribution is 5.24. The molecule has 0 radical (unpaired) electrons. The third-order valence-electron chi connectivity index (χ3n) is 3.73. The number of piperidine rings is 1. The fourth-order valence-electron chi connectivity index (χ4n) is 2.40. The van der Waals surface area contributed by atoms with Crippen molar-refractivity contribution >= 4 is 6.01 Å². The Kier molecular flexibility index (Phi) is 4.49. The fraction of sp³-hybridized carbons (Fsp3) is 0.846. The predicted octanol–water partition coefficient (Wildman–Crippen LogP) is 0.299. The lowest BCUT2D eigenvalue weighted by Gasteiger charge is -2.30. The molecule has 0 unspecified atom stereocenters. The second-order valence-electron chi connectivity index (χ2n) is 5.41. The number of hydrogen-bond donors (Lipinski definition) is 2. The van der Waals surface area contributed by atoms with E-state index >= 15 is 0 Å². The Morgan fingerprint density at radius 2 is 2.05 bits per heavy atom. The Bertz CT molecular complexity index is 414. The van der Waals surface area contributed by atoms with Crippen molar-refractivity contribution in [1.82, 2.24) is 15.5 Å². The minimum atomic E-state index is 0.0846. The van der Waals surface area contributed by atoms with Crippen molar-refractivity contribution in [3.05, 3.63) is 5.89 Å². The molecule has 3 rings (SSSR count). The summed E-state index contributed by atoms with van der Waals surface area (Å²) in [7, 11) is 0. The first-order valence-electron chi connectivity index (χ1n) is 7.38. The summed E-state index contributed by atoms with van der Waals surface area (Å²) in [6.45, 7) is 2.87. The van der Waals surface area contributed by atoms with Gasteiger partial charge in [0.1, 0.15) is 0 Å². The molecular weight excluding hydrogens is 260 g/mol. The Morgan fingerprint density at radius 1 is 1.25 bits per heavy atom. The zero-order valence-electron chi connectivity index (χ0n) is 11.6. The van der Waals surface area contributed by atoms with Crippen LogP contribution in [0.3, 0.4) is 0 Å². The van der Waals surface area contributed by atoms with Gasteiger partial charge in [0.05, 0.1) is 25.9 Å². The molecule has 20 heavy (non-hydrogen) atoms. The van der Waals surface area contributed by atoms with Crippen LogP contribution in [0.15, 0.2) is 4.42 Å². The summed E-state index contributed by atoms with van der Waals surface area (Å²) >= 11 is 0. The maximum absolute atomic E-state index is 8.75. The number of rotatable bonds is 7. The van der Waals surface area contributed by atoms with Crippen molar-refractivity contribution in [2.24, 2.45) is 0 Å². The van der Waals surface area contributed by atoms with Gasteiger partial charge < -0.3 is 24.5 Å². The van der Waals surface area contributed by atoms with Gasteiger partial charge in [-0.1, -0.05) is 5.10 Å². The SMILES string of the molecule is OCCOC1CCN(c2nnc(CNC3CC3)o2)CC1. The molecule has 0 amide bonds. The molecule has 7 heteroatoms. The van der Waals surface area contributed by atoms with Crippen LogP contribution >= 0.6 is 0 Å². The number of anilines is 1. The van der Waals surface area contributed by atoms with Crippen LogP contribution < -0.4 is 10.2 Å². The largest absolute Gasteiger partial charge is 0.407 e. The van der Waals surface area contributed by atoms with Gasteiger partial charge in [0.2, 0.25) is 5.89 Å². The molecule has 0 spiro atoms. The maximum Gasteiger partial charge on any atom is 0.318 e. The van der Waals surface area contributed by atoms with Crippen molar-refractivity contribution in [2.45, 2.75) is 44.4 Å². The highest BCUT2D eigenvalue weighted by Gasteiger charge is 2.24. The van der Waals surface area contributed by atoms with Crippen molar-refractivity contribution in [1.29, 1.82) is 0 Å². The maximum atomic E-state index is 8.75. The second-order valence-corrected chi connectivity index (χ2v) is 5.41. The number of aromatic nitrogens is 2. The molecule has 112 valence electrons. The van der Waals surface area contributed by atoms with E-state index in [2.05, 4.69) is 20.4 Å². The van der Waals surface area contributed by atoms with Crippen LogP contribution in [-0.4, -0.2) is 53.8 Å². The van der Waals surface area contributed by atoms with Gasteiger partial charge in [-0.25, -0.2) is 0 Å². The van der Waals surface area contributed by atoms with Gasteiger partial charge >= 0.3 is 6.01 Å². The zero-order chi connectivity index (χ0) is 13.8. The topological polar surface area (TPSA) is 83.7 Å². The first-order chi connectivity index (χ1) is 9.85. The molecule has 1 aromatic rings. The summed E-state index contributed by atoms with van der Waals surface area (Å²) in [5, 5.41) is 20.3. The summed E-state index contributed by atoms with van der Waals surface area (Å²) in [6, 6.07) is 1.25. The van der Waals surface area contributed by atoms with Gasteiger partial charge in [-0.15, -0.1) is 5.10 Å².